The lowest BCUT2D eigenvalue weighted by atomic mass is 10.1. The van der Waals surface area contributed by atoms with Gasteiger partial charge in [-0.3, -0.25) is 0 Å². The Morgan fingerprint density at radius 2 is 1.61 bits per heavy atom. The minimum atomic E-state index is -4.66. The summed E-state index contributed by atoms with van der Waals surface area (Å²) in [7, 11) is -4.15. The van der Waals surface area contributed by atoms with E-state index >= 15 is 0 Å². The van der Waals surface area contributed by atoms with Crippen LogP contribution in [0.25, 0.3) is 0 Å². The summed E-state index contributed by atoms with van der Waals surface area (Å²) >= 11 is 0. The Morgan fingerprint density at radius 1 is 1.00 bits per heavy atom. The van der Waals surface area contributed by atoms with Crippen LogP contribution in [0, 0.1) is 13.8 Å². The standard InChI is InChI=1S/C19H21F3N2O3S/c1-13-9-14(2)11-16(10-13)27-17-4-3-15(19(20,21)22)12-18(17)28(25,26)24-7-5-23-6-8-24/h3-4,9-12,23H,5-8H2,1-2H3. The number of halogens is 3. The third kappa shape index (κ3) is 4.48. The summed E-state index contributed by atoms with van der Waals surface area (Å²) in [6.07, 6.45) is -4.66. The van der Waals surface area contributed by atoms with Gasteiger partial charge in [0.15, 0.2) is 0 Å². The molecule has 9 heteroatoms. The smallest absolute Gasteiger partial charge is 0.416 e. The molecule has 1 saturated heterocycles. The number of hydrogen-bond acceptors (Lipinski definition) is 4. The Kier molecular flexibility index (Phi) is 5.69. The largest absolute Gasteiger partial charge is 0.456 e. The maximum Gasteiger partial charge on any atom is 0.416 e. The Bertz CT molecular complexity index is 949. The molecular weight excluding hydrogens is 393 g/mol. The zero-order valence-corrected chi connectivity index (χ0v) is 16.3. The molecule has 28 heavy (non-hydrogen) atoms. The van der Waals surface area contributed by atoms with Gasteiger partial charge in [0.25, 0.3) is 0 Å². The van der Waals surface area contributed by atoms with E-state index in [2.05, 4.69) is 5.32 Å². The van der Waals surface area contributed by atoms with Gasteiger partial charge in [-0.15, -0.1) is 0 Å². The molecule has 0 aliphatic carbocycles. The molecule has 1 aliphatic rings. The summed E-state index contributed by atoms with van der Waals surface area (Å²) in [5.41, 5.74) is 0.760. The first-order valence-corrected chi connectivity index (χ1v) is 10.2. The average Bonchev–Trinajstić information content (AvgIpc) is 2.61. The van der Waals surface area contributed by atoms with Crippen molar-refractivity contribution in [2.45, 2.75) is 24.9 Å². The number of nitrogens with one attached hydrogen (secondary N) is 1. The molecule has 2 aromatic rings. The molecule has 0 radical (unpaired) electrons. The van der Waals surface area contributed by atoms with Gasteiger partial charge in [0.2, 0.25) is 10.0 Å². The lowest BCUT2D eigenvalue weighted by molar-refractivity contribution is -0.137. The molecule has 0 atom stereocenters. The van der Waals surface area contributed by atoms with E-state index in [-0.39, 0.29) is 18.8 Å². The molecule has 0 bridgehead atoms. The van der Waals surface area contributed by atoms with Crippen molar-refractivity contribution >= 4 is 10.0 Å². The maximum atomic E-state index is 13.2. The summed E-state index contributed by atoms with van der Waals surface area (Å²) in [6, 6.07) is 7.86. The zero-order chi connectivity index (χ0) is 20.5. The fraction of sp³-hybridized carbons (Fsp3) is 0.368. The fourth-order valence-electron chi connectivity index (χ4n) is 3.11. The van der Waals surface area contributed by atoms with Crippen molar-refractivity contribution in [3.63, 3.8) is 0 Å². The van der Waals surface area contributed by atoms with Crippen molar-refractivity contribution < 1.29 is 26.3 Å². The predicted octanol–water partition coefficient (Wildman–Crippen LogP) is 3.71. The highest BCUT2D eigenvalue weighted by Gasteiger charge is 2.35. The Labute approximate surface area is 162 Å². The number of sulfonamides is 1. The monoisotopic (exact) mass is 414 g/mol. The van der Waals surface area contributed by atoms with E-state index in [1.807, 2.05) is 19.9 Å². The van der Waals surface area contributed by atoms with Crippen LogP contribution >= 0.6 is 0 Å². The van der Waals surface area contributed by atoms with Crippen molar-refractivity contribution in [1.29, 1.82) is 0 Å². The number of ether oxygens (including phenoxy) is 1. The van der Waals surface area contributed by atoms with Gasteiger partial charge in [-0.05, 0) is 55.3 Å². The van der Waals surface area contributed by atoms with Crippen LogP contribution in [0.4, 0.5) is 13.2 Å². The molecule has 0 amide bonds. The first-order chi connectivity index (χ1) is 13.1. The molecule has 0 aromatic heterocycles. The average molecular weight is 414 g/mol. The van der Waals surface area contributed by atoms with Crippen LogP contribution in [0.3, 0.4) is 0 Å². The first kappa shape index (κ1) is 20.6. The van der Waals surface area contributed by atoms with E-state index in [4.69, 9.17) is 4.74 Å². The van der Waals surface area contributed by atoms with Crippen molar-refractivity contribution in [3.05, 3.63) is 53.1 Å². The number of rotatable bonds is 4. The number of piperazine rings is 1. The molecule has 1 aliphatic heterocycles. The van der Waals surface area contributed by atoms with Gasteiger partial charge in [-0.25, -0.2) is 8.42 Å². The van der Waals surface area contributed by atoms with Crippen LogP contribution in [-0.4, -0.2) is 38.9 Å². The van der Waals surface area contributed by atoms with E-state index in [9.17, 15) is 21.6 Å². The molecule has 5 nitrogen and oxygen atoms in total. The maximum absolute atomic E-state index is 13.2. The van der Waals surface area contributed by atoms with Crippen LogP contribution in [0.1, 0.15) is 16.7 Å². The summed E-state index contributed by atoms with van der Waals surface area (Å²) < 4.78 is 72.6. The highest BCUT2D eigenvalue weighted by atomic mass is 32.2. The molecule has 0 unspecified atom stereocenters. The van der Waals surface area contributed by atoms with Crippen molar-refractivity contribution in [2.75, 3.05) is 26.2 Å². The second-order valence-electron chi connectivity index (χ2n) is 6.74. The Balaban J connectivity index is 2.08. The molecule has 0 saturated carbocycles. The first-order valence-electron chi connectivity index (χ1n) is 8.75. The Hall–Kier alpha value is -2.10. The summed E-state index contributed by atoms with van der Waals surface area (Å²) in [6.45, 7) is 4.94. The normalized spacial score (nSPS) is 16.2. The molecular formula is C19H21F3N2O3S. The molecule has 0 spiro atoms. The topological polar surface area (TPSA) is 58.6 Å². The van der Waals surface area contributed by atoms with Crippen LogP contribution in [0.15, 0.2) is 41.3 Å². The quantitative estimate of drug-likeness (QED) is 0.829. The van der Waals surface area contributed by atoms with Gasteiger partial charge in [-0.1, -0.05) is 6.07 Å². The molecule has 1 fully saturated rings. The van der Waals surface area contributed by atoms with Gasteiger partial charge in [0, 0.05) is 26.2 Å². The molecule has 1 heterocycles. The minimum Gasteiger partial charge on any atom is -0.456 e. The van der Waals surface area contributed by atoms with E-state index in [1.54, 1.807) is 12.1 Å². The molecule has 3 rings (SSSR count). The number of aryl methyl sites for hydroxylation is 2. The fourth-order valence-corrected chi connectivity index (χ4v) is 4.69. The third-order valence-corrected chi connectivity index (χ3v) is 6.31. The van der Waals surface area contributed by atoms with Crippen molar-refractivity contribution in [3.8, 4) is 11.5 Å². The summed E-state index contributed by atoms with van der Waals surface area (Å²) in [5, 5.41) is 3.02. The van der Waals surface area contributed by atoms with Crippen molar-refractivity contribution in [1.82, 2.24) is 9.62 Å². The number of alkyl halides is 3. The van der Waals surface area contributed by atoms with Gasteiger partial charge in [-0.2, -0.15) is 17.5 Å². The van der Waals surface area contributed by atoms with Crippen LogP contribution in [0.5, 0.6) is 11.5 Å². The SMILES string of the molecule is Cc1cc(C)cc(Oc2ccc(C(F)(F)F)cc2S(=O)(=O)N2CCNCC2)c1. The number of nitrogens with zero attached hydrogens (tertiary/aromatic N) is 1. The van der Waals surface area contributed by atoms with Gasteiger partial charge < -0.3 is 10.1 Å². The lowest BCUT2D eigenvalue weighted by Gasteiger charge is -2.27. The molecule has 2 aromatic carbocycles. The summed E-state index contributed by atoms with van der Waals surface area (Å²) in [5.74, 6) is 0.241. The zero-order valence-electron chi connectivity index (χ0n) is 15.5. The van der Waals surface area contributed by atoms with Crippen LogP contribution in [0.2, 0.25) is 0 Å². The van der Waals surface area contributed by atoms with Gasteiger partial charge in [0.1, 0.15) is 16.4 Å². The second-order valence-corrected chi connectivity index (χ2v) is 8.65. The van der Waals surface area contributed by atoms with E-state index in [0.29, 0.717) is 24.9 Å². The van der Waals surface area contributed by atoms with Crippen LogP contribution in [-0.2, 0) is 16.2 Å². The van der Waals surface area contributed by atoms with E-state index in [0.717, 1.165) is 23.3 Å². The molecule has 152 valence electrons. The Morgan fingerprint density at radius 3 is 2.18 bits per heavy atom. The predicted molar refractivity (Wildman–Crippen MR) is 99.1 cm³/mol. The summed E-state index contributed by atoms with van der Waals surface area (Å²) in [4.78, 5) is -0.483. The van der Waals surface area contributed by atoms with E-state index < -0.39 is 26.7 Å². The highest BCUT2D eigenvalue weighted by molar-refractivity contribution is 7.89. The second kappa shape index (κ2) is 7.73. The highest BCUT2D eigenvalue weighted by Crippen LogP contribution is 2.37. The number of hydrogen-bond donors (Lipinski definition) is 1. The van der Waals surface area contributed by atoms with E-state index in [1.165, 1.54) is 4.31 Å². The minimum absolute atomic E-state index is 0.128. The molecule has 1 N–H and O–H groups in total. The third-order valence-electron chi connectivity index (χ3n) is 4.39. The van der Waals surface area contributed by atoms with Gasteiger partial charge in [0.05, 0.1) is 5.56 Å². The van der Waals surface area contributed by atoms with Crippen molar-refractivity contribution in [2.24, 2.45) is 0 Å². The van der Waals surface area contributed by atoms with Gasteiger partial charge >= 0.3 is 6.18 Å². The lowest BCUT2D eigenvalue weighted by Crippen LogP contribution is -2.46. The van der Waals surface area contributed by atoms with Crippen LogP contribution < -0.4 is 10.1 Å². The number of benzene rings is 2.